The van der Waals surface area contributed by atoms with Crippen LogP contribution in [0.5, 0.6) is 0 Å². The summed E-state index contributed by atoms with van der Waals surface area (Å²) < 4.78 is 0. The lowest BCUT2D eigenvalue weighted by molar-refractivity contribution is -0.136. The molecule has 0 aliphatic carbocycles. The molecule has 2 amide bonds. The van der Waals surface area contributed by atoms with Gasteiger partial charge in [-0.3, -0.25) is 14.6 Å². The molecule has 0 bridgehead atoms. The third-order valence-corrected chi connectivity index (χ3v) is 3.62. The second-order valence-electron chi connectivity index (χ2n) is 5.67. The van der Waals surface area contributed by atoms with E-state index in [4.69, 9.17) is 0 Å². The van der Waals surface area contributed by atoms with E-state index in [9.17, 15) is 9.59 Å². The van der Waals surface area contributed by atoms with Crippen molar-refractivity contribution in [1.82, 2.24) is 15.2 Å². The summed E-state index contributed by atoms with van der Waals surface area (Å²) in [5.41, 5.74) is 0.976. The first kappa shape index (κ1) is 14.5. The molecule has 2 atom stereocenters. The largest absolute Gasteiger partial charge is 0.344 e. The lowest BCUT2D eigenvalue weighted by Gasteiger charge is -2.30. The third kappa shape index (κ3) is 3.15. The molecule has 1 aliphatic heterocycles. The molecule has 1 N–H and O–H groups in total. The van der Waals surface area contributed by atoms with Crippen LogP contribution in [0.15, 0.2) is 24.5 Å². The lowest BCUT2D eigenvalue weighted by Crippen LogP contribution is -2.48. The van der Waals surface area contributed by atoms with Gasteiger partial charge in [0.1, 0.15) is 6.04 Å². The lowest BCUT2D eigenvalue weighted by atomic mass is 10.0. The summed E-state index contributed by atoms with van der Waals surface area (Å²) in [4.78, 5) is 30.3. The molecule has 1 aromatic heterocycles. The fourth-order valence-electron chi connectivity index (χ4n) is 2.44. The third-order valence-electron chi connectivity index (χ3n) is 3.62. The van der Waals surface area contributed by atoms with Crippen LogP contribution in [-0.4, -0.2) is 33.8 Å². The monoisotopic (exact) mass is 275 g/mol. The van der Waals surface area contributed by atoms with Crippen LogP contribution in [0, 0.1) is 5.92 Å². The number of pyridine rings is 1. The number of aromatic nitrogens is 1. The molecule has 2 unspecified atom stereocenters. The van der Waals surface area contributed by atoms with Gasteiger partial charge in [-0.1, -0.05) is 19.9 Å². The van der Waals surface area contributed by atoms with Gasteiger partial charge in [0.15, 0.2) is 0 Å². The summed E-state index contributed by atoms with van der Waals surface area (Å²) in [5, 5.41) is 2.83. The van der Waals surface area contributed by atoms with Crippen molar-refractivity contribution in [3.63, 3.8) is 0 Å². The van der Waals surface area contributed by atoms with E-state index in [-0.39, 0.29) is 23.8 Å². The van der Waals surface area contributed by atoms with Crippen LogP contribution < -0.4 is 5.32 Å². The van der Waals surface area contributed by atoms with E-state index < -0.39 is 6.04 Å². The van der Waals surface area contributed by atoms with Crippen LogP contribution in [-0.2, 0) is 16.1 Å². The van der Waals surface area contributed by atoms with E-state index in [2.05, 4.69) is 10.3 Å². The van der Waals surface area contributed by atoms with Gasteiger partial charge in [0, 0.05) is 31.4 Å². The maximum atomic E-state index is 12.6. The maximum Gasteiger partial charge on any atom is 0.245 e. The van der Waals surface area contributed by atoms with Gasteiger partial charge in [-0.15, -0.1) is 0 Å². The minimum absolute atomic E-state index is 0.0118. The normalized spacial score (nSPS) is 23.7. The highest BCUT2D eigenvalue weighted by molar-refractivity contribution is 5.90. The van der Waals surface area contributed by atoms with E-state index in [1.165, 1.54) is 0 Å². The summed E-state index contributed by atoms with van der Waals surface area (Å²) >= 11 is 0. The molecule has 0 saturated carbocycles. The maximum absolute atomic E-state index is 12.6. The number of hydrogen-bond acceptors (Lipinski definition) is 3. The second-order valence-corrected chi connectivity index (χ2v) is 5.67. The van der Waals surface area contributed by atoms with Gasteiger partial charge in [0.05, 0.1) is 0 Å². The zero-order valence-electron chi connectivity index (χ0n) is 12.2. The highest BCUT2D eigenvalue weighted by Crippen LogP contribution is 2.18. The van der Waals surface area contributed by atoms with Crippen LogP contribution in [0.4, 0.5) is 0 Å². The molecule has 1 aliphatic rings. The van der Waals surface area contributed by atoms with E-state index >= 15 is 0 Å². The summed E-state index contributed by atoms with van der Waals surface area (Å²) in [7, 11) is 0. The molecule has 108 valence electrons. The molecule has 0 spiro atoms. The summed E-state index contributed by atoms with van der Waals surface area (Å²) in [6, 6.07) is 3.25. The Hall–Kier alpha value is -1.91. The Kier molecular flexibility index (Phi) is 4.37. The molecule has 20 heavy (non-hydrogen) atoms. The molecular weight excluding hydrogens is 254 g/mol. The van der Waals surface area contributed by atoms with E-state index in [0.29, 0.717) is 13.0 Å². The zero-order chi connectivity index (χ0) is 14.7. The average molecular weight is 275 g/mol. The van der Waals surface area contributed by atoms with Crippen molar-refractivity contribution >= 4 is 11.8 Å². The first-order chi connectivity index (χ1) is 9.49. The smallest absolute Gasteiger partial charge is 0.245 e. The van der Waals surface area contributed by atoms with Gasteiger partial charge < -0.3 is 10.2 Å². The van der Waals surface area contributed by atoms with Crippen molar-refractivity contribution in [2.75, 3.05) is 0 Å². The SMILES string of the molecule is CC(C)C1NC(=O)CC(C)N(Cc2cccnc2)C1=O. The van der Waals surface area contributed by atoms with E-state index in [1.54, 1.807) is 17.3 Å². The molecule has 2 heterocycles. The highest BCUT2D eigenvalue weighted by atomic mass is 16.2. The Balaban J connectivity index is 2.23. The van der Waals surface area contributed by atoms with Gasteiger partial charge in [-0.05, 0) is 24.5 Å². The number of amides is 2. The van der Waals surface area contributed by atoms with Crippen molar-refractivity contribution in [2.45, 2.75) is 45.8 Å². The number of hydrogen-bond donors (Lipinski definition) is 1. The number of carbonyl (C=O) groups is 2. The van der Waals surface area contributed by atoms with E-state index in [1.807, 2.05) is 32.9 Å². The Morgan fingerprint density at radius 2 is 2.20 bits per heavy atom. The van der Waals surface area contributed by atoms with Crippen LogP contribution >= 0.6 is 0 Å². The average Bonchev–Trinajstić information content (AvgIpc) is 2.51. The molecular formula is C15H21N3O2. The number of nitrogens with zero attached hydrogens (tertiary/aromatic N) is 2. The molecule has 1 fully saturated rings. The fourth-order valence-corrected chi connectivity index (χ4v) is 2.44. The van der Waals surface area contributed by atoms with Crippen molar-refractivity contribution in [1.29, 1.82) is 0 Å². The Morgan fingerprint density at radius 1 is 1.45 bits per heavy atom. The van der Waals surface area contributed by atoms with Crippen molar-refractivity contribution in [3.8, 4) is 0 Å². The van der Waals surface area contributed by atoms with Gasteiger partial charge in [-0.25, -0.2) is 0 Å². The second kappa shape index (κ2) is 6.03. The van der Waals surface area contributed by atoms with Crippen LogP contribution in [0.3, 0.4) is 0 Å². The first-order valence-corrected chi connectivity index (χ1v) is 6.97. The minimum atomic E-state index is -0.441. The molecule has 0 aromatic carbocycles. The fraction of sp³-hybridized carbons (Fsp3) is 0.533. The van der Waals surface area contributed by atoms with Crippen molar-refractivity contribution in [3.05, 3.63) is 30.1 Å². The standard InChI is InChI=1S/C15H21N3O2/c1-10(2)14-15(20)18(11(3)7-13(19)17-14)9-12-5-4-6-16-8-12/h4-6,8,10-11,14H,7,9H2,1-3H3,(H,17,19). The molecule has 5 heteroatoms. The van der Waals surface area contributed by atoms with Crippen molar-refractivity contribution < 1.29 is 9.59 Å². The topological polar surface area (TPSA) is 62.3 Å². The zero-order valence-corrected chi connectivity index (χ0v) is 12.2. The van der Waals surface area contributed by atoms with Gasteiger partial charge in [0.25, 0.3) is 0 Å². The van der Waals surface area contributed by atoms with Crippen LogP contribution in [0.2, 0.25) is 0 Å². The van der Waals surface area contributed by atoms with Crippen LogP contribution in [0.1, 0.15) is 32.8 Å². The number of nitrogens with one attached hydrogen (secondary N) is 1. The van der Waals surface area contributed by atoms with Crippen molar-refractivity contribution in [2.24, 2.45) is 5.92 Å². The minimum Gasteiger partial charge on any atom is -0.344 e. The summed E-state index contributed by atoms with van der Waals surface area (Å²) in [6.07, 6.45) is 3.80. The summed E-state index contributed by atoms with van der Waals surface area (Å²) in [6.45, 7) is 6.30. The number of rotatable bonds is 3. The predicted octanol–water partition coefficient (Wildman–Crippen LogP) is 1.34. The molecule has 1 saturated heterocycles. The molecule has 2 rings (SSSR count). The highest BCUT2D eigenvalue weighted by Gasteiger charge is 2.35. The van der Waals surface area contributed by atoms with Gasteiger partial charge in [-0.2, -0.15) is 0 Å². The van der Waals surface area contributed by atoms with E-state index in [0.717, 1.165) is 5.56 Å². The Morgan fingerprint density at radius 3 is 2.80 bits per heavy atom. The molecule has 5 nitrogen and oxygen atoms in total. The Bertz CT molecular complexity index is 487. The number of carbonyl (C=O) groups excluding carboxylic acids is 2. The van der Waals surface area contributed by atoms with Gasteiger partial charge >= 0.3 is 0 Å². The summed E-state index contributed by atoms with van der Waals surface area (Å²) in [5.74, 6) is 0.00795. The van der Waals surface area contributed by atoms with Gasteiger partial charge in [0.2, 0.25) is 11.8 Å². The Labute approximate surface area is 119 Å². The van der Waals surface area contributed by atoms with Crippen LogP contribution in [0.25, 0.3) is 0 Å². The first-order valence-electron chi connectivity index (χ1n) is 6.97. The molecule has 0 radical (unpaired) electrons. The quantitative estimate of drug-likeness (QED) is 0.905. The molecule has 1 aromatic rings. The predicted molar refractivity (Wildman–Crippen MR) is 75.6 cm³/mol.